The smallest absolute Gasteiger partial charge is 0.369 e. The van der Waals surface area contributed by atoms with Crippen LogP contribution in [-0.4, -0.2) is 25.0 Å². The van der Waals surface area contributed by atoms with Gasteiger partial charge < -0.3 is 10.2 Å². The lowest BCUT2D eigenvalue weighted by atomic mass is 10.1. The molecule has 7 heteroatoms. The van der Waals surface area contributed by atoms with E-state index in [0.29, 0.717) is 25.2 Å². The second-order valence-electron chi connectivity index (χ2n) is 4.97. The summed E-state index contributed by atoms with van der Waals surface area (Å²) in [6, 6.07) is 5.18. The largest absolute Gasteiger partial charge is 0.417 e. The van der Waals surface area contributed by atoms with Crippen molar-refractivity contribution in [1.29, 1.82) is 5.26 Å². The lowest BCUT2D eigenvalue weighted by Crippen LogP contribution is -2.35. The van der Waals surface area contributed by atoms with Gasteiger partial charge in [0.25, 0.3) is 0 Å². The van der Waals surface area contributed by atoms with Crippen LogP contribution in [0.5, 0.6) is 0 Å². The molecule has 1 aliphatic heterocycles. The van der Waals surface area contributed by atoms with Crippen molar-refractivity contribution in [1.82, 2.24) is 5.32 Å². The average Bonchev–Trinajstić information content (AvgIpc) is 2.84. The summed E-state index contributed by atoms with van der Waals surface area (Å²) in [5, 5.41) is 11.5. The molecule has 1 unspecified atom stereocenters. The minimum Gasteiger partial charge on any atom is -0.369 e. The van der Waals surface area contributed by atoms with Crippen LogP contribution in [0.3, 0.4) is 0 Å². The molecule has 1 aromatic carbocycles. The van der Waals surface area contributed by atoms with Crippen LogP contribution in [0.2, 0.25) is 0 Å². The van der Waals surface area contributed by atoms with E-state index in [4.69, 9.17) is 5.26 Å². The summed E-state index contributed by atoms with van der Waals surface area (Å²) in [6.45, 7) is 2.43. The van der Waals surface area contributed by atoms with Crippen molar-refractivity contribution in [3.63, 3.8) is 0 Å². The summed E-state index contributed by atoms with van der Waals surface area (Å²) in [5.41, 5.74) is -0.900. The number of nitrogens with one attached hydrogen (secondary N) is 1. The van der Waals surface area contributed by atoms with Crippen LogP contribution >= 0.6 is 0 Å². The maximum Gasteiger partial charge on any atom is 0.417 e. The molecule has 1 N–H and O–H groups in total. The van der Waals surface area contributed by atoms with Crippen molar-refractivity contribution in [2.75, 3.05) is 18.0 Å². The van der Waals surface area contributed by atoms with Gasteiger partial charge in [-0.05, 0) is 24.6 Å². The number of nitrogens with zero attached hydrogens (tertiary/aromatic N) is 2. The van der Waals surface area contributed by atoms with Crippen molar-refractivity contribution >= 4 is 11.6 Å². The van der Waals surface area contributed by atoms with Crippen LogP contribution in [0.1, 0.15) is 24.5 Å². The van der Waals surface area contributed by atoms with Crippen LogP contribution in [0.15, 0.2) is 18.2 Å². The van der Waals surface area contributed by atoms with Crippen LogP contribution in [0.25, 0.3) is 0 Å². The molecule has 1 aromatic rings. The second kappa shape index (κ2) is 5.64. The van der Waals surface area contributed by atoms with E-state index >= 15 is 0 Å². The molecule has 1 heterocycles. The molecule has 0 bridgehead atoms. The molecule has 0 aromatic heterocycles. The highest BCUT2D eigenvalue weighted by atomic mass is 19.4. The van der Waals surface area contributed by atoms with E-state index in [0.717, 1.165) is 6.07 Å². The van der Waals surface area contributed by atoms with Crippen LogP contribution < -0.4 is 10.2 Å². The van der Waals surface area contributed by atoms with Crippen molar-refractivity contribution in [2.24, 2.45) is 0 Å². The predicted molar refractivity (Wildman–Crippen MR) is 70.6 cm³/mol. The molecule has 0 radical (unpaired) electrons. The summed E-state index contributed by atoms with van der Waals surface area (Å²) in [4.78, 5) is 12.8. The van der Waals surface area contributed by atoms with Gasteiger partial charge in [0, 0.05) is 31.7 Å². The average molecular weight is 297 g/mol. The van der Waals surface area contributed by atoms with Gasteiger partial charge in [0.2, 0.25) is 5.91 Å². The number of hydrogen-bond acceptors (Lipinski definition) is 3. The summed E-state index contributed by atoms with van der Waals surface area (Å²) < 4.78 is 38.8. The number of carbonyl (C=O) groups is 1. The number of rotatable bonds is 2. The zero-order chi connectivity index (χ0) is 15.6. The Morgan fingerprint density at radius 2 is 2.19 bits per heavy atom. The molecule has 21 heavy (non-hydrogen) atoms. The highest BCUT2D eigenvalue weighted by Gasteiger charge is 2.34. The highest BCUT2D eigenvalue weighted by molar-refractivity contribution is 5.73. The molecule has 1 saturated heterocycles. The number of nitriles is 1. The van der Waals surface area contributed by atoms with E-state index in [1.165, 1.54) is 19.1 Å². The molecule has 1 atom stereocenters. The highest BCUT2D eigenvalue weighted by Crippen LogP contribution is 2.35. The van der Waals surface area contributed by atoms with Gasteiger partial charge in [-0.3, -0.25) is 4.79 Å². The monoisotopic (exact) mass is 297 g/mol. The van der Waals surface area contributed by atoms with Crippen molar-refractivity contribution in [2.45, 2.75) is 25.6 Å². The van der Waals surface area contributed by atoms with Gasteiger partial charge in [0.05, 0.1) is 17.2 Å². The van der Waals surface area contributed by atoms with Gasteiger partial charge in [0.15, 0.2) is 0 Å². The Kier molecular flexibility index (Phi) is 4.07. The van der Waals surface area contributed by atoms with E-state index in [9.17, 15) is 18.0 Å². The van der Waals surface area contributed by atoms with E-state index in [2.05, 4.69) is 5.32 Å². The predicted octanol–water partition coefficient (Wildman–Crippen LogP) is 2.29. The maximum atomic E-state index is 12.9. The number of carbonyl (C=O) groups excluding carboxylic acids is 1. The van der Waals surface area contributed by atoms with Gasteiger partial charge in [-0.2, -0.15) is 18.4 Å². The normalized spacial score (nSPS) is 18.4. The minimum absolute atomic E-state index is 0.0625. The van der Waals surface area contributed by atoms with Crippen LogP contribution in [0.4, 0.5) is 18.9 Å². The Balaban J connectivity index is 2.23. The third kappa shape index (κ3) is 3.45. The second-order valence-corrected chi connectivity index (χ2v) is 4.97. The Morgan fingerprint density at radius 3 is 2.76 bits per heavy atom. The quantitative estimate of drug-likeness (QED) is 0.911. The topological polar surface area (TPSA) is 56.1 Å². The van der Waals surface area contributed by atoms with Gasteiger partial charge in [0.1, 0.15) is 0 Å². The van der Waals surface area contributed by atoms with Crippen LogP contribution in [0, 0.1) is 11.3 Å². The Labute approximate surface area is 120 Å². The molecule has 112 valence electrons. The Morgan fingerprint density at radius 1 is 1.48 bits per heavy atom. The van der Waals surface area contributed by atoms with Crippen LogP contribution in [-0.2, 0) is 11.0 Å². The van der Waals surface area contributed by atoms with Gasteiger partial charge in [-0.15, -0.1) is 0 Å². The SMILES string of the molecule is CC(=O)NC1CCN(c2ccc(C#N)c(C(F)(F)F)c2)C1. The first kappa shape index (κ1) is 15.2. The third-order valence-corrected chi connectivity index (χ3v) is 3.39. The summed E-state index contributed by atoms with van der Waals surface area (Å²) in [7, 11) is 0. The number of amides is 1. The van der Waals surface area contributed by atoms with E-state index in [-0.39, 0.29) is 17.5 Å². The van der Waals surface area contributed by atoms with E-state index in [1.807, 2.05) is 0 Å². The van der Waals surface area contributed by atoms with Gasteiger partial charge >= 0.3 is 6.18 Å². The molecular formula is C14H14F3N3O. The molecule has 0 saturated carbocycles. The summed E-state index contributed by atoms with van der Waals surface area (Å²) in [5.74, 6) is -0.155. The van der Waals surface area contributed by atoms with Gasteiger partial charge in [-0.25, -0.2) is 0 Å². The number of benzene rings is 1. The van der Waals surface area contributed by atoms with Crippen molar-refractivity contribution in [3.05, 3.63) is 29.3 Å². The third-order valence-electron chi connectivity index (χ3n) is 3.39. The van der Waals surface area contributed by atoms with Crippen molar-refractivity contribution < 1.29 is 18.0 Å². The first-order chi connectivity index (χ1) is 9.81. The standard InChI is InChI=1S/C14H14F3N3O/c1-9(21)19-11-4-5-20(8-11)12-3-2-10(7-18)13(6-12)14(15,16)17/h2-3,6,11H,4-5,8H2,1H3,(H,19,21). The maximum absolute atomic E-state index is 12.9. The zero-order valence-corrected chi connectivity index (χ0v) is 11.4. The zero-order valence-electron chi connectivity index (χ0n) is 11.4. The fourth-order valence-corrected chi connectivity index (χ4v) is 2.46. The lowest BCUT2D eigenvalue weighted by molar-refractivity contribution is -0.137. The molecule has 4 nitrogen and oxygen atoms in total. The molecule has 0 aliphatic carbocycles. The van der Waals surface area contributed by atoms with Gasteiger partial charge in [-0.1, -0.05) is 0 Å². The fraction of sp³-hybridized carbons (Fsp3) is 0.429. The molecule has 2 rings (SSSR count). The summed E-state index contributed by atoms with van der Waals surface area (Å²) in [6.07, 6.45) is -3.88. The first-order valence-corrected chi connectivity index (χ1v) is 6.44. The number of anilines is 1. The molecule has 1 aliphatic rings. The molecule has 0 spiro atoms. The lowest BCUT2D eigenvalue weighted by Gasteiger charge is -2.20. The Hall–Kier alpha value is -2.23. The molecule has 1 amide bonds. The number of hydrogen-bond donors (Lipinski definition) is 1. The molecular weight excluding hydrogens is 283 g/mol. The molecule has 1 fully saturated rings. The summed E-state index contributed by atoms with van der Waals surface area (Å²) >= 11 is 0. The minimum atomic E-state index is -4.56. The fourth-order valence-electron chi connectivity index (χ4n) is 2.46. The first-order valence-electron chi connectivity index (χ1n) is 6.44. The Bertz CT molecular complexity index is 592. The number of alkyl halides is 3. The van der Waals surface area contributed by atoms with E-state index < -0.39 is 11.7 Å². The van der Waals surface area contributed by atoms with E-state index in [1.54, 1.807) is 11.0 Å². The number of halogens is 3. The van der Waals surface area contributed by atoms with Crippen molar-refractivity contribution in [3.8, 4) is 6.07 Å².